The highest BCUT2D eigenvalue weighted by Gasteiger charge is 2.12. The van der Waals surface area contributed by atoms with E-state index in [9.17, 15) is 4.79 Å². The third-order valence-corrected chi connectivity index (χ3v) is 3.56. The molecule has 0 atom stereocenters. The molecule has 2 aromatic rings. The topological polar surface area (TPSA) is 72.3 Å². The number of ether oxygens (including phenoxy) is 1. The second kappa shape index (κ2) is 3.95. The van der Waals surface area contributed by atoms with E-state index >= 15 is 0 Å². The van der Waals surface area contributed by atoms with Crippen LogP contribution in [0.5, 0.6) is 5.19 Å². The highest BCUT2D eigenvalue weighted by atomic mass is 32.1. The minimum Gasteiger partial charge on any atom is -0.476 e. The van der Waals surface area contributed by atoms with Crippen molar-refractivity contribution in [2.45, 2.75) is 0 Å². The van der Waals surface area contributed by atoms with Crippen LogP contribution in [0.3, 0.4) is 0 Å². The molecule has 0 bridgehead atoms. The molecule has 0 aliphatic carbocycles. The second-order valence-corrected chi connectivity index (χ2v) is 4.39. The molecule has 0 aliphatic rings. The van der Waals surface area contributed by atoms with Crippen molar-refractivity contribution in [3.05, 3.63) is 17.3 Å². The molecular weight excluding hydrogens is 236 g/mol. The molecule has 1 N–H and O–H groups in total. The first kappa shape index (κ1) is 10.1. The second-order valence-electron chi connectivity index (χ2n) is 2.54. The Morgan fingerprint density at radius 1 is 1.60 bits per heavy atom. The molecule has 0 radical (unpaired) electrons. The number of aromatic carboxylic acids is 1. The predicted octanol–water partition coefficient (Wildman–Crippen LogP) is 1.97. The van der Waals surface area contributed by atoms with E-state index in [2.05, 4.69) is 9.97 Å². The Morgan fingerprint density at radius 2 is 2.40 bits per heavy atom. The van der Waals surface area contributed by atoms with E-state index in [1.165, 1.54) is 35.2 Å². The molecule has 2 aromatic heterocycles. The summed E-state index contributed by atoms with van der Waals surface area (Å²) in [5, 5.41) is 11.4. The van der Waals surface area contributed by atoms with Gasteiger partial charge in [0.25, 0.3) is 5.19 Å². The molecule has 7 heteroatoms. The summed E-state index contributed by atoms with van der Waals surface area (Å²) in [6.45, 7) is 0. The van der Waals surface area contributed by atoms with Crippen LogP contribution in [0.15, 0.2) is 11.6 Å². The molecule has 0 fully saturated rings. The van der Waals surface area contributed by atoms with Crippen LogP contribution >= 0.6 is 22.7 Å². The van der Waals surface area contributed by atoms with E-state index in [4.69, 9.17) is 9.84 Å². The first-order valence-electron chi connectivity index (χ1n) is 3.89. The van der Waals surface area contributed by atoms with Crippen molar-refractivity contribution < 1.29 is 14.6 Å². The van der Waals surface area contributed by atoms with Crippen LogP contribution in [-0.4, -0.2) is 28.2 Å². The van der Waals surface area contributed by atoms with E-state index in [1.54, 1.807) is 6.20 Å². The summed E-state index contributed by atoms with van der Waals surface area (Å²) in [6.07, 6.45) is 1.62. The van der Waals surface area contributed by atoms with Crippen molar-refractivity contribution in [1.29, 1.82) is 0 Å². The van der Waals surface area contributed by atoms with Gasteiger partial charge >= 0.3 is 5.97 Å². The van der Waals surface area contributed by atoms with E-state index < -0.39 is 5.97 Å². The van der Waals surface area contributed by atoms with Crippen LogP contribution < -0.4 is 4.74 Å². The van der Waals surface area contributed by atoms with E-state index in [1.807, 2.05) is 0 Å². The van der Waals surface area contributed by atoms with Gasteiger partial charge in [0.1, 0.15) is 5.01 Å². The molecule has 0 saturated carbocycles. The Bertz CT molecular complexity index is 492. The molecule has 0 aliphatic heterocycles. The van der Waals surface area contributed by atoms with Crippen molar-refractivity contribution >= 4 is 28.6 Å². The van der Waals surface area contributed by atoms with Crippen LogP contribution in [0.25, 0.3) is 9.88 Å². The van der Waals surface area contributed by atoms with Gasteiger partial charge in [0.2, 0.25) is 0 Å². The van der Waals surface area contributed by atoms with Gasteiger partial charge in [0.05, 0.1) is 18.2 Å². The minimum atomic E-state index is -1.02. The summed E-state index contributed by atoms with van der Waals surface area (Å²) in [5.41, 5.74) is 0.0577. The van der Waals surface area contributed by atoms with Gasteiger partial charge in [-0.05, 0) is 0 Å². The van der Waals surface area contributed by atoms with Crippen molar-refractivity contribution in [2.24, 2.45) is 0 Å². The van der Waals surface area contributed by atoms with Gasteiger partial charge in [-0.3, -0.25) is 0 Å². The van der Waals surface area contributed by atoms with Crippen LogP contribution in [0, 0.1) is 0 Å². The molecule has 0 aromatic carbocycles. The molecule has 5 nitrogen and oxygen atoms in total. The third-order valence-electron chi connectivity index (χ3n) is 1.59. The smallest absolute Gasteiger partial charge is 0.355 e. The number of rotatable bonds is 3. The lowest BCUT2D eigenvalue weighted by atomic mass is 10.5. The first-order chi connectivity index (χ1) is 7.20. The quantitative estimate of drug-likeness (QED) is 0.890. The van der Waals surface area contributed by atoms with Gasteiger partial charge in [0, 0.05) is 5.38 Å². The summed E-state index contributed by atoms with van der Waals surface area (Å²) in [4.78, 5) is 19.4. The van der Waals surface area contributed by atoms with Gasteiger partial charge in [-0.1, -0.05) is 11.3 Å². The van der Waals surface area contributed by atoms with E-state index in [0.29, 0.717) is 10.2 Å². The zero-order valence-electron chi connectivity index (χ0n) is 7.63. The van der Waals surface area contributed by atoms with E-state index in [-0.39, 0.29) is 5.69 Å². The average Bonchev–Trinajstić information content (AvgIpc) is 2.86. The molecule has 0 spiro atoms. The number of aromatic nitrogens is 2. The lowest BCUT2D eigenvalue weighted by Crippen LogP contribution is -1.95. The predicted molar refractivity (Wildman–Crippen MR) is 56.7 cm³/mol. The fraction of sp³-hybridized carbons (Fsp3) is 0.125. The van der Waals surface area contributed by atoms with Crippen LogP contribution in [0.2, 0.25) is 0 Å². The van der Waals surface area contributed by atoms with Gasteiger partial charge in [-0.2, -0.15) is 0 Å². The normalized spacial score (nSPS) is 10.2. The minimum absolute atomic E-state index is 0.0577. The van der Waals surface area contributed by atoms with Gasteiger partial charge in [-0.25, -0.2) is 14.8 Å². The Balaban J connectivity index is 2.32. The molecule has 0 amide bonds. The summed E-state index contributed by atoms with van der Waals surface area (Å²) in [5.74, 6) is -1.02. The third kappa shape index (κ3) is 1.97. The highest BCUT2D eigenvalue weighted by Crippen LogP contribution is 2.32. The lowest BCUT2D eigenvalue weighted by molar-refractivity contribution is 0.0691. The maximum absolute atomic E-state index is 10.6. The highest BCUT2D eigenvalue weighted by molar-refractivity contribution is 7.21. The van der Waals surface area contributed by atoms with Crippen molar-refractivity contribution in [2.75, 3.05) is 7.11 Å². The number of hydrogen-bond donors (Lipinski definition) is 1. The SMILES string of the molecule is COc1ncc(-c2nc(C(=O)O)cs2)s1. The van der Waals surface area contributed by atoms with Crippen molar-refractivity contribution in [1.82, 2.24) is 9.97 Å². The summed E-state index contributed by atoms with van der Waals surface area (Å²) in [6, 6.07) is 0. The Labute approximate surface area is 93.0 Å². The molecule has 2 heterocycles. The first-order valence-corrected chi connectivity index (χ1v) is 5.59. The number of methoxy groups -OCH3 is 1. The zero-order chi connectivity index (χ0) is 10.8. The fourth-order valence-corrected chi connectivity index (χ4v) is 2.52. The van der Waals surface area contributed by atoms with E-state index in [0.717, 1.165) is 4.88 Å². The number of hydrogen-bond acceptors (Lipinski definition) is 6. The molecular formula is C8H6N2O3S2. The van der Waals surface area contributed by atoms with Crippen LogP contribution in [0.1, 0.15) is 10.5 Å². The van der Waals surface area contributed by atoms with Gasteiger partial charge in [-0.15, -0.1) is 11.3 Å². The lowest BCUT2D eigenvalue weighted by Gasteiger charge is -1.87. The fourth-order valence-electron chi connectivity index (χ4n) is 0.936. The van der Waals surface area contributed by atoms with Crippen LogP contribution in [-0.2, 0) is 0 Å². The molecule has 0 unspecified atom stereocenters. The Hall–Kier alpha value is -1.47. The average molecular weight is 242 g/mol. The standard InChI is InChI=1S/C8H6N2O3S2/c1-13-8-9-2-5(15-8)6-10-4(3-14-6)7(11)12/h2-3H,1H3,(H,11,12). The summed E-state index contributed by atoms with van der Waals surface area (Å²) in [7, 11) is 1.53. The monoisotopic (exact) mass is 242 g/mol. The number of carbonyl (C=O) groups is 1. The molecule has 0 saturated heterocycles. The Kier molecular flexibility index (Phi) is 2.65. The summed E-state index contributed by atoms with van der Waals surface area (Å²) < 4.78 is 4.94. The number of carboxylic acid groups (broad SMARTS) is 1. The maximum Gasteiger partial charge on any atom is 0.355 e. The summed E-state index contributed by atoms with van der Waals surface area (Å²) >= 11 is 2.61. The zero-order valence-corrected chi connectivity index (χ0v) is 9.26. The molecule has 15 heavy (non-hydrogen) atoms. The van der Waals surface area contributed by atoms with Crippen molar-refractivity contribution in [3.8, 4) is 15.1 Å². The molecule has 2 rings (SSSR count). The van der Waals surface area contributed by atoms with Crippen LogP contribution in [0.4, 0.5) is 0 Å². The molecule has 78 valence electrons. The Morgan fingerprint density at radius 3 is 2.93 bits per heavy atom. The van der Waals surface area contributed by atoms with Gasteiger partial charge < -0.3 is 9.84 Å². The number of nitrogens with zero attached hydrogens (tertiary/aromatic N) is 2. The maximum atomic E-state index is 10.6. The number of carboxylic acids is 1. The number of thiazole rings is 2. The van der Waals surface area contributed by atoms with Crippen molar-refractivity contribution in [3.63, 3.8) is 0 Å². The largest absolute Gasteiger partial charge is 0.476 e. The van der Waals surface area contributed by atoms with Gasteiger partial charge in [0.15, 0.2) is 5.69 Å².